The van der Waals surface area contributed by atoms with Gasteiger partial charge in [0.2, 0.25) is 0 Å². The number of anilines is 1. The van der Waals surface area contributed by atoms with Crippen molar-refractivity contribution in [1.29, 1.82) is 0 Å². The maximum absolute atomic E-state index is 13.3. The minimum atomic E-state index is -3.24. The van der Waals surface area contributed by atoms with Crippen molar-refractivity contribution in [2.75, 3.05) is 38.2 Å². The standard InChI is InChI=1S/C33H34F2N2O2/c1-24(26-8-5-9-27(22-26)28-10-6-12-29(23-28)39-33(2,34)35)36-32-16-15-25(30-13-3-4-14-31(30)32)11-7-17-37-18-20-38-21-19-37/h3-6,8-10,12-16,22-23,36H,1,7,11,17-21H2,2H3. The van der Waals surface area contributed by atoms with E-state index in [1.165, 1.54) is 17.0 Å². The van der Waals surface area contributed by atoms with Crippen molar-refractivity contribution in [1.82, 2.24) is 4.90 Å². The molecule has 1 heterocycles. The number of benzene rings is 4. The predicted molar refractivity (Wildman–Crippen MR) is 155 cm³/mol. The molecule has 1 saturated heterocycles. The van der Waals surface area contributed by atoms with Crippen LogP contribution in [0.5, 0.6) is 5.75 Å². The Morgan fingerprint density at radius 1 is 0.923 bits per heavy atom. The van der Waals surface area contributed by atoms with E-state index >= 15 is 0 Å². The maximum Gasteiger partial charge on any atom is 0.394 e. The fourth-order valence-corrected chi connectivity index (χ4v) is 5.07. The van der Waals surface area contributed by atoms with Gasteiger partial charge >= 0.3 is 6.11 Å². The Morgan fingerprint density at radius 2 is 1.64 bits per heavy atom. The SMILES string of the molecule is C=C(Nc1ccc(CCCN2CCOCC2)c2ccccc12)c1cccc(-c2cccc(OC(C)(F)F)c2)c1. The topological polar surface area (TPSA) is 33.7 Å². The first-order chi connectivity index (χ1) is 18.9. The van der Waals surface area contributed by atoms with Gasteiger partial charge in [-0.3, -0.25) is 4.90 Å². The van der Waals surface area contributed by atoms with Gasteiger partial charge in [-0.25, -0.2) is 0 Å². The van der Waals surface area contributed by atoms with Gasteiger partial charge in [0.25, 0.3) is 0 Å². The third-order valence-electron chi connectivity index (χ3n) is 7.00. The first-order valence-electron chi connectivity index (χ1n) is 13.4. The highest BCUT2D eigenvalue weighted by Crippen LogP contribution is 2.32. The van der Waals surface area contributed by atoms with Gasteiger partial charge < -0.3 is 14.8 Å². The summed E-state index contributed by atoms with van der Waals surface area (Å²) in [6, 6.07) is 27.4. The second kappa shape index (κ2) is 12.0. The Hall–Kier alpha value is -3.74. The predicted octanol–water partition coefficient (Wildman–Crippen LogP) is 7.85. The second-order valence-electron chi connectivity index (χ2n) is 10.00. The Morgan fingerprint density at radius 3 is 2.41 bits per heavy atom. The first-order valence-corrected chi connectivity index (χ1v) is 13.4. The molecule has 4 aromatic rings. The zero-order chi connectivity index (χ0) is 27.2. The van der Waals surface area contributed by atoms with Crippen LogP contribution in [0.2, 0.25) is 0 Å². The molecule has 39 heavy (non-hydrogen) atoms. The van der Waals surface area contributed by atoms with Gasteiger partial charge in [0.05, 0.1) is 13.2 Å². The summed E-state index contributed by atoms with van der Waals surface area (Å²) in [6.07, 6.45) is -1.11. The Kier molecular flexibility index (Phi) is 8.24. The van der Waals surface area contributed by atoms with Gasteiger partial charge in [-0.15, -0.1) is 0 Å². The van der Waals surface area contributed by atoms with Gasteiger partial charge in [-0.1, -0.05) is 67.2 Å². The van der Waals surface area contributed by atoms with Gasteiger partial charge in [-0.2, -0.15) is 8.78 Å². The molecule has 1 aliphatic heterocycles. The van der Waals surface area contributed by atoms with Crippen LogP contribution in [-0.4, -0.2) is 43.9 Å². The zero-order valence-electron chi connectivity index (χ0n) is 22.3. The van der Waals surface area contributed by atoms with Crippen molar-refractivity contribution in [2.45, 2.75) is 25.9 Å². The Balaban J connectivity index is 1.31. The molecular formula is C33H34F2N2O2. The molecule has 4 aromatic carbocycles. The van der Waals surface area contributed by atoms with Crippen LogP contribution in [0.4, 0.5) is 14.5 Å². The quantitative estimate of drug-likeness (QED) is 0.227. The number of rotatable bonds is 10. The minimum absolute atomic E-state index is 0.124. The minimum Gasteiger partial charge on any atom is -0.433 e. The molecule has 0 unspecified atom stereocenters. The molecule has 202 valence electrons. The molecule has 0 aliphatic carbocycles. The number of fused-ring (bicyclic) bond motifs is 1. The van der Waals surface area contributed by atoms with Crippen LogP contribution in [0.15, 0.2) is 91.5 Å². The van der Waals surface area contributed by atoms with Crippen molar-refractivity contribution in [3.63, 3.8) is 0 Å². The van der Waals surface area contributed by atoms with E-state index in [-0.39, 0.29) is 5.75 Å². The molecule has 0 bridgehead atoms. The molecule has 1 aliphatic rings. The Bertz CT molecular complexity index is 1440. The summed E-state index contributed by atoms with van der Waals surface area (Å²) in [4.78, 5) is 2.47. The molecule has 0 amide bonds. The number of nitrogens with zero attached hydrogens (tertiary/aromatic N) is 1. The van der Waals surface area contributed by atoms with Gasteiger partial charge in [0, 0.05) is 36.8 Å². The average Bonchev–Trinajstić information content (AvgIpc) is 2.94. The highest BCUT2D eigenvalue weighted by molar-refractivity contribution is 5.99. The van der Waals surface area contributed by atoms with E-state index in [2.05, 4.69) is 53.2 Å². The van der Waals surface area contributed by atoms with Crippen molar-refractivity contribution in [3.8, 4) is 16.9 Å². The molecule has 0 saturated carbocycles. The molecule has 1 N–H and O–H groups in total. The number of halogens is 2. The van der Waals surface area contributed by atoms with Crippen molar-refractivity contribution < 1.29 is 18.3 Å². The summed E-state index contributed by atoms with van der Waals surface area (Å²) in [7, 11) is 0. The highest BCUT2D eigenvalue weighted by atomic mass is 19.3. The molecule has 0 aromatic heterocycles. The van der Waals surface area contributed by atoms with Crippen LogP contribution in [0.1, 0.15) is 24.5 Å². The number of nitrogens with one attached hydrogen (secondary N) is 1. The number of alkyl halides is 2. The normalized spacial score (nSPS) is 14.3. The fourth-order valence-electron chi connectivity index (χ4n) is 5.07. The van der Waals surface area contributed by atoms with E-state index in [1.54, 1.807) is 12.1 Å². The summed E-state index contributed by atoms with van der Waals surface area (Å²) in [5.74, 6) is 0.124. The van der Waals surface area contributed by atoms with Gasteiger partial charge in [0.1, 0.15) is 5.75 Å². The lowest BCUT2D eigenvalue weighted by Gasteiger charge is -2.26. The summed E-state index contributed by atoms with van der Waals surface area (Å²) >= 11 is 0. The Labute approximate surface area is 228 Å². The van der Waals surface area contributed by atoms with Crippen molar-refractivity contribution in [3.05, 3.63) is 103 Å². The van der Waals surface area contributed by atoms with E-state index in [9.17, 15) is 8.78 Å². The number of hydrogen-bond donors (Lipinski definition) is 1. The largest absolute Gasteiger partial charge is 0.433 e. The summed E-state index contributed by atoms with van der Waals surface area (Å²) in [5, 5.41) is 5.92. The molecule has 4 nitrogen and oxygen atoms in total. The molecule has 0 atom stereocenters. The number of aryl methyl sites for hydroxylation is 1. The van der Waals surface area contributed by atoms with E-state index < -0.39 is 6.11 Å². The fraction of sp³-hybridized carbons (Fsp3) is 0.273. The third-order valence-corrected chi connectivity index (χ3v) is 7.00. The van der Waals surface area contributed by atoms with Crippen LogP contribution in [0.25, 0.3) is 27.6 Å². The molecule has 5 rings (SSSR count). The number of morpholine rings is 1. The lowest BCUT2D eigenvalue weighted by Crippen LogP contribution is -2.36. The molecular weight excluding hydrogens is 494 g/mol. The lowest BCUT2D eigenvalue weighted by atomic mass is 9.98. The smallest absolute Gasteiger partial charge is 0.394 e. The molecule has 0 radical (unpaired) electrons. The summed E-state index contributed by atoms with van der Waals surface area (Å²) in [6.45, 7) is 9.80. The molecule has 1 fully saturated rings. The summed E-state index contributed by atoms with van der Waals surface area (Å²) < 4.78 is 36.9. The van der Waals surface area contributed by atoms with Crippen molar-refractivity contribution in [2.24, 2.45) is 0 Å². The van der Waals surface area contributed by atoms with Gasteiger partial charge in [-0.05, 0) is 71.3 Å². The van der Waals surface area contributed by atoms with Crippen molar-refractivity contribution >= 4 is 22.2 Å². The van der Waals surface area contributed by atoms with Crippen LogP contribution in [-0.2, 0) is 11.2 Å². The maximum atomic E-state index is 13.3. The van der Waals surface area contributed by atoms with Crippen LogP contribution < -0.4 is 10.1 Å². The van der Waals surface area contributed by atoms with E-state index in [4.69, 9.17) is 9.47 Å². The highest BCUT2D eigenvalue weighted by Gasteiger charge is 2.23. The van der Waals surface area contributed by atoms with Crippen LogP contribution >= 0.6 is 0 Å². The number of ether oxygens (including phenoxy) is 2. The zero-order valence-corrected chi connectivity index (χ0v) is 22.3. The monoisotopic (exact) mass is 528 g/mol. The summed E-state index contributed by atoms with van der Waals surface area (Å²) in [5.41, 5.74) is 5.70. The van der Waals surface area contributed by atoms with Crippen LogP contribution in [0, 0.1) is 0 Å². The third kappa shape index (κ3) is 7.02. The van der Waals surface area contributed by atoms with Crippen LogP contribution in [0.3, 0.4) is 0 Å². The van der Waals surface area contributed by atoms with E-state index in [0.29, 0.717) is 0 Å². The second-order valence-corrected chi connectivity index (χ2v) is 10.00. The van der Waals surface area contributed by atoms with E-state index in [1.807, 2.05) is 30.3 Å². The molecule has 0 spiro atoms. The first kappa shape index (κ1) is 26.9. The van der Waals surface area contributed by atoms with Gasteiger partial charge in [0.15, 0.2) is 0 Å². The molecule has 6 heteroatoms. The number of hydrogen-bond acceptors (Lipinski definition) is 4. The van der Waals surface area contributed by atoms with E-state index in [0.717, 1.165) is 86.1 Å². The lowest BCUT2D eigenvalue weighted by molar-refractivity contribution is -0.158. The average molecular weight is 529 g/mol.